The molecular formula is C20H27F3N2O. The van der Waals surface area contributed by atoms with Gasteiger partial charge in [-0.3, -0.25) is 4.79 Å². The first-order valence-corrected chi connectivity index (χ1v) is 9.52. The van der Waals surface area contributed by atoms with Gasteiger partial charge in [0.15, 0.2) is 0 Å². The van der Waals surface area contributed by atoms with Crippen LogP contribution >= 0.6 is 0 Å². The molecule has 26 heavy (non-hydrogen) atoms. The Morgan fingerprint density at radius 1 is 1.15 bits per heavy atom. The summed E-state index contributed by atoms with van der Waals surface area (Å²) >= 11 is 0. The number of rotatable bonds is 3. The van der Waals surface area contributed by atoms with Gasteiger partial charge in [0.2, 0.25) is 0 Å². The Bertz CT molecular complexity index is 624. The maximum Gasteiger partial charge on any atom is 0.416 e. The number of carbonyl (C=O) groups is 1. The van der Waals surface area contributed by atoms with Crippen molar-refractivity contribution in [3.8, 4) is 0 Å². The van der Waals surface area contributed by atoms with Crippen LogP contribution in [-0.4, -0.2) is 48.4 Å². The predicted octanol–water partition coefficient (Wildman–Crippen LogP) is 4.29. The molecule has 0 aromatic heterocycles. The Morgan fingerprint density at radius 2 is 1.88 bits per heavy atom. The predicted molar refractivity (Wildman–Crippen MR) is 94.9 cm³/mol. The molecule has 0 spiro atoms. The third-order valence-corrected chi connectivity index (χ3v) is 5.64. The third-order valence-electron chi connectivity index (χ3n) is 5.64. The van der Waals surface area contributed by atoms with Crippen LogP contribution in [0.2, 0.25) is 0 Å². The fourth-order valence-electron chi connectivity index (χ4n) is 4.02. The topological polar surface area (TPSA) is 23.6 Å². The summed E-state index contributed by atoms with van der Waals surface area (Å²) in [7, 11) is 0. The number of benzene rings is 1. The summed E-state index contributed by atoms with van der Waals surface area (Å²) < 4.78 is 38.7. The molecule has 3 nitrogen and oxygen atoms in total. The highest BCUT2D eigenvalue weighted by Gasteiger charge is 2.32. The number of hydrogen-bond donors (Lipinski definition) is 0. The molecule has 1 unspecified atom stereocenters. The molecule has 0 bridgehead atoms. The second kappa shape index (κ2) is 7.99. The summed E-state index contributed by atoms with van der Waals surface area (Å²) in [6.45, 7) is 6.76. The minimum absolute atomic E-state index is 0.132. The molecule has 2 aliphatic rings. The zero-order chi connectivity index (χ0) is 18.7. The first-order valence-electron chi connectivity index (χ1n) is 9.52. The summed E-state index contributed by atoms with van der Waals surface area (Å²) in [5, 5.41) is 0. The van der Waals surface area contributed by atoms with Crippen molar-refractivity contribution in [3.05, 3.63) is 35.4 Å². The van der Waals surface area contributed by atoms with E-state index < -0.39 is 11.7 Å². The highest BCUT2D eigenvalue weighted by Crippen LogP contribution is 2.30. The van der Waals surface area contributed by atoms with Crippen LogP contribution in [0.3, 0.4) is 0 Å². The Balaban J connectivity index is 1.61. The van der Waals surface area contributed by atoms with Gasteiger partial charge in [-0.05, 0) is 68.8 Å². The number of nitrogens with zero attached hydrogens (tertiary/aromatic N) is 2. The molecule has 0 N–H and O–H groups in total. The van der Waals surface area contributed by atoms with E-state index in [1.807, 2.05) is 0 Å². The lowest BCUT2D eigenvalue weighted by atomic mass is 9.94. The molecular weight excluding hydrogens is 341 g/mol. The van der Waals surface area contributed by atoms with Crippen LogP contribution in [0.1, 0.15) is 48.5 Å². The average molecular weight is 368 g/mol. The molecule has 1 aromatic rings. The lowest BCUT2D eigenvalue weighted by Gasteiger charge is -2.38. The summed E-state index contributed by atoms with van der Waals surface area (Å²) in [4.78, 5) is 16.9. The zero-order valence-electron chi connectivity index (χ0n) is 15.3. The zero-order valence-corrected chi connectivity index (χ0v) is 15.3. The molecule has 2 aliphatic heterocycles. The second-order valence-corrected chi connectivity index (χ2v) is 7.82. The SMILES string of the molecule is CC1CCN(CC2CCCN(C(=O)c3cccc(C(F)(F)F)c3)C2)CC1. The summed E-state index contributed by atoms with van der Waals surface area (Å²) in [6.07, 6.45) is 0.0172. The van der Waals surface area contributed by atoms with Gasteiger partial charge in [0.25, 0.3) is 5.91 Å². The third kappa shape index (κ3) is 4.78. The fourth-order valence-corrected chi connectivity index (χ4v) is 4.02. The number of halogens is 3. The molecule has 144 valence electrons. The number of alkyl halides is 3. The summed E-state index contributed by atoms with van der Waals surface area (Å²) in [5.74, 6) is 0.913. The Labute approximate surface area is 153 Å². The summed E-state index contributed by atoms with van der Waals surface area (Å²) in [6, 6.07) is 4.77. The number of likely N-dealkylation sites (tertiary alicyclic amines) is 2. The molecule has 6 heteroatoms. The van der Waals surface area contributed by atoms with Crippen LogP contribution in [0.4, 0.5) is 13.2 Å². The van der Waals surface area contributed by atoms with Crippen molar-refractivity contribution in [2.24, 2.45) is 11.8 Å². The number of piperidine rings is 2. The van der Waals surface area contributed by atoms with Gasteiger partial charge in [-0.2, -0.15) is 13.2 Å². The van der Waals surface area contributed by atoms with E-state index in [0.29, 0.717) is 19.0 Å². The number of amides is 1. The van der Waals surface area contributed by atoms with Gasteiger partial charge in [0.05, 0.1) is 5.56 Å². The van der Waals surface area contributed by atoms with E-state index in [-0.39, 0.29) is 11.5 Å². The monoisotopic (exact) mass is 368 g/mol. The van der Waals surface area contributed by atoms with Crippen LogP contribution in [0, 0.1) is 11.8 Å². The van der Waals surface area contributed by atoms with Crippen LogP contribution in [0.5, 0.6) is 0 Å². The van der Waals surface area contributed by atoms with Crippen molar-refractivity contribution in [1.82, 2.24) is 9.80 Å². The number of carbonyl (C=O) groups excluding carboxylic acids is 1. The number of hydrogen-bond acceptors (Lipinski definition) is 2. The van der Waals surface area contributed by atoms with Gasteiger partial charge >= 0.3 is 6.18 Å². The lowest BCUT2D eigenvalue weighted by Crippen LogP contribution is -2.45. The smallest absolute Gasteiger partial charge is 0.338 e. The van der Waals surface area contributed by atoms with E-state index in [4.69, 9.17) is 0 Å². The van der Waals surface area contributed by atoms with E-state index in [2.05, 4.69) is 11.8 Å². The lowest BCUT2D eigenvalue weighted by molar-refractivity contribution is -0.137. The molecule has 1 atom stereocenters. The standard InChI is InChI=1S/C20H27F3N2O/c1-15-7-10-24(11-8-15)13-16-4-3-9-25(14-16)19(26)17-5-2-6-18(12-17)20(21,22)23/h2,5-6,12,15-16H,3-4,7-11,13-14H2,1H3. The fraction of sp³-hybridized carbons (Fsp3) is 0.650. The summed E-state index contributed by atoms with van der Waals surface area (Å²) in [5.41, 5.74) is -0.633. The first-order chi connectivity index (χ1) is 12.3. The molecule has 0 aliphatic carbocycles. The largest absolute Gasteiger partial charge is 0.416 e. The first kappa shape index (κ1) is 19.2. The minimum atomic E-state index is -4.42. The Morgan fingerprint density at radius 3 is 2.58 bits per heavy atom. The van der Waals surface area contributed by atoms with Crippen molar-refractivity contribution in [1.29, 1.82) is 0 Å². The van der Waals surface area contributed by atoms with Crippen LogP contribution in [-0.2, 0) is 6.18 Å². The van der Waals surface area contributed by atoms with Gasteiger partial charge in [0, 0.05) is 25.2 Å². The van der Waals surface area contributed by atoms with Crippen LogP contribution in [0.25, 0.3) is 0 Å². The van der Waals surface area contributed by atoms with Crippen molar-refractivity contribution in [3.63, 3.8) is 0 Å². The molecule has 0 radical (unpaired) electrons. The van der Waals surface area contributed by atoms with Crippen LogP contribution in [0.15, 0.2) is 24.3 Å². The van der Waals surface area contributed by atoms with Crippen molar-refractivity contribution in [2.45, 2.75) is 38.8 Å². The van der Waals surface area contributed by atoms with Gasteiger partial charge in [-0.25, -0.2) is 0 Å². The highest BCUT2D eigenvalue weighted by molar-refractivity contribution is 5.94. The van der Waals surface area contributed by atoms with E-state index in [9.17, 15) is 18.0 Å². The second-order valence-electron chi connectivity index (χ2n) is 7.82. The molecule has 1 amide bonds. The van der Waals surface area contributed by atoms with E-state index in [1.165, 1.54) is 25.0 Å². The Kier molecular flexibility index (Phi) is 5.90. The molecule has 3 rings (SSSR count). The van der Waals surface area contributed by atoms with Gasteiger partial charge < -0.3 is 9.80 Å². The highest BCUT2D eigenvalue weighted by atomic mass is 19.4. The van der Waals surface area contributed by atoms with Crippen molar-refractivity contribution < 1.29 is 18.0 Å². The van der Waals surface area contributed by atoms with E-state index in [1.54, 1.807) is 4.90 Å². The van der Waals surface area contributed by atoms with Crippen molar-refractivity contribution in [2.75, 3.05) is 32.7 Å². The van der Waals surface area contributed by atoms with Gasteiger partial charge in [0.1, 0.15) is 0 Å². The van der Waals surface area contributed by atoms with E-state index >= 15 is 0 Å². The Hall–Kier alpha value is -1.56. The van der Waals surface area contributed by atoms with Gasteiger partial charge in [-0.15, -0.1) is 0 Å². The molecule has 1 aromatic carbocycles. The molecule has 2 fully saturated rings. The minimum Gasteiger partial charge on any atom is -0.338 e. The maximum atomic E-state index is 12.9. The van der Waals surface area contributed by atoms with E-state index in [0.717, 1.165) is 50.5 Å². The molecule has 2 heterocycles. The van der Waals surface area contributed by atoms with Crippen LogP contribution < -0.4 is 0 Å². The molecule has 0 saturated carbocycles. The van der Waals surface area contributed by atoms with Gasteiger partial charge in [-0.1, -0.05) is 13.0 Å². The molecule has 2 saturated heterocycles. The van der Waals surface area contributed by atoms with Crippen molar-refractivity contribution >= 4 is 5.91 Å². The quantitative estimate of drug-likeness (QED) is 0.795. The maximum absolute atomic E-state index is 12.9. The average Bonchev–Trinajstić information content (AvgIpc) is 2.63. The normalized spacial score (nSPS) is 23.2.